The fourth-order valence-electron chi connectivity index (χ4n) is 8.03. The molecule has 0 aromatic carbocycles. The molecule has 5 heteroatoms. The lowest BCUT2D eigenvalue weighted by molar-refractivity contribution is 0.616. The highest BCUT2D eigenvalue weighted by atomic mass is 32.1. The Morgan fingerprint density at radius 2 is 0.778 bits per heavy atom. The standard InChI is InChI=1S/C40H62S4Si/c1-5-9-13-17-19-23-27-45(28-24-20-18-14-10-6-2)39-35-33(31(29-41-35)25-21-15-11-7-3)43-37(39)38-40(45)36-34(44-38)32(30-42-36)26-22-16-12-8-4/h29-30H,5-28H2,1-4H3. The molecule has 0 unspecified atom stereocenters. The van der Waals surface area contributed by atoms with Gasteiger partial charge in [-0.2, -0.15) is 0 Å². The molecule has 0 bridgehead atoms. The second kappa shape index (κ2) is 18.3. The minimum Gasteiger partial charge on any atom is -0.143 e. The van der Waals surface area contributed by atoms with Crippen LogP contribution in [0, 0.1) is 0 Å². The molecular weight excluding hydrogens is 637 g/mol. The summed E-state index contributed by atoms with van der Waals surface area (Å²) in [4.78, 5) is 3.52. The molecule has 250 valence electrons. The molecule has 1 aliphatic heterocycles. The zero-order valence-electron chi connectivity index (χ0n) is 29.3. The van der Waals surface area contributed by atoms with Gasteiger partial charge in [-0.15, -0.1) is 45.3 Å². The van der Waals surface area contributed by atoms with Gasteiger partial charge < -0.3 is 0 Å². The van der Waals surface area contributed by atoms with Crippen molar-refractivity contribution in [3.63, 3.8) is 0 Å². The van der Waals surface area contributed by atoms with Gasteiger partial charge in [0.25, 0.3) is 0 Å². The fourth-order valence-corrected chi connectivity index (χ4v) is 22.0. The van der Waals surface area contributed by atoms with E-state index in [1.807, 2.05) is 10.4 Å². The van der Waals surface area contributed by atoms with E-state index in [0.717, 1.165) is 0 Å². The molecule has 0 radical (unpaired) electrons. The van der Waals surface area contributed by atoms with E-state index in [2.05, 4.69) is 83.8 Å². The van der Waals surface area contributed by atoms with Gasteiger partial charge in [-0.05, 0) is 70.0 Å². The number of rotatable bonds is 24. The molecule has 0 atom stereocenters. The lowest BCUT2D eigenvalue weighted by atomic mass is 10.1. The van der Waals surface area contributed by atoms with E-state index < -0.39 is 8.07 Å². The monoisotopic (exact) mass is 698 g/mol. The summed E-state index contributed by atoms with van der Waals surface area (Å²) >= 11 is 8.77. The van der Waals surface area contributed by atoms with Crippen LogP contribution in [0.3, 0.4) is 0 Å². The van der Waals surface area contributed by atoms with Crippen LogP contribution in [0.15, 0.2) is 10.8 Å². The lowest BCUT2D eigenvalue weighted by Crippen LogP contribution is -2.54. The van der Waals surface area contributed by atoms with Gasteiger partial charge in [-0.3, -0.25) is 0 Å². The van der Waals surface area contributed by atoms with Crippen molar-refractivity contribution in [3.05, 3.63) is 21.9 Å². The molecule has 4 aromatic heterocycles. The van der Waals surface area contributed by atoms with Crippen molar-refractivity contribution >= 4 is 82.6 Å². The first-order valence-electron chi connectivity index (χ1n) is 19.3. The second-order valence-corrected chi connectivity index (χ2v) is 22.2. The molecule has 0 spiro atoms. The van der Waals surface area contributed by atoms with Crippen molar-refractivity contribution in [2.24, 2.45) is 0 Å². The summed E-state index contributed by atoms with van der Waals surface area (Å²) in [5.41, 5.74) is 3.37. The summed E-state index contributed by atoms with van der Waals surface area (Å²) in [6.07, 6.45) is 30.6. The van der Waals surface area contributed by atoms with E-state index in [1.54, 1.807) is 39.7 Å². The minimum absolute atomic E-state index is 1.29. The summed E-state index contributed by atoms with van der Waals surface area (Å²) in [5.74, 6) is 0. The summed E-state index contributed by atoms with van der Waals surface area (Å²) < 4.78 is 6.90. The van der Waals surface area contributed by atoms with E-state index >= 15 is 0 Å². The third-order valence-electron chi connectivity index (χ3n) is 10.6. The van der Waals surface area contributed by atoms with E-state index in [9.17, 15) is 0 Å². The maximum atomic E-state index is 2.59. The molecule has 45 heavy (non-hydrogen) atoms. The molecule has 1 aliphatic rings. The van der Waals surface area contributed by atoms with Gasteiger partial charge in [0.15, 0.2) is 0 Å². The SMILES string of the molecule is CCCCCCCC[Si]1(CCCCCCCC)c2c(sc3c(CCCCCC)csc23)-c2sc3c(CCCCCC)csc3c21. The summed E-state index contributed by atoms with van der Waals surface area (Å²) in [5, 5.41) is 9.05. The van der Waals surface area contributed by atoms with Gasteiger partial charge in [0, 0.05) is 28.6 Å². The van der Waals surface area contributed by atoms with Crippen LogP contribution in [0.5, 0.6) is 0 Å². The molecule has 5 rings (SSSR count). The predicted molar refractivity (Wildman–Crippen MR) is 215 cm³/mol. The highest BCUT2D eigenvalue weighted by Gasteiger charge is 2.50. The average Bonchev–Trinajstić information content (AvgIpc) is 3.84. The van der Waals surface area contributed by atoms with E-state index in [-0.39, 0.29) is 0 Å². The van der Waals surface area contributed by atoms with Crippen molar-refractivity contribution in [3.8, 4) is 9.75 Å². The molecule has 0 N–H and O–H groups in total. The minimum atomic E-state index is -1.85. The van der Waals surface area contributed by atoms with Crippen molar-refractivity contribution < 1.29 is 0 Å². The second-order valence-electron chi connectivity index (χ2n) is 14.2. The third-order valence-corrected chi connectivity index (χ3v) is 21.7. The fraction of sp³-hybridized carbons (Fsp3) is 0.700. The first-order valence-corrected chi connectivity index (χ1v) is 25.1. The van der Waals surface area contributed by atoms with Gasteiger partial charge >= 0.3 is 0 Å². The van der Waals surface area contributed by atoms with Gasteiger partial charge in [-0.1, -0.05) is 143 Å². The Labute approximate surface area is 293 Å². The highest BCUT2D eigenvalue weighted by Crippen LogP contribution is 2.51. The van der Waals surface area contributed by atoms with E-state index in [4.69, 9.17) is 0 Å². The lowest BCUT2D eigenvalue weighted by Gasteiger charge is -2.29. The number of thiophene rings is 4. The molecule has 0 aliphatic carbocycles. The zero-order chi connectivity index (χ0) is 31.5. The van der Waals surface area contributed by atoms with Crippen LogP contribution in [0.2, 0.25) is 12.1 Å². The molecule has 0 saturated heterocycles. The van der Waals surface area contributed by atoms with Crippen LogP contribution in [0.4, 0.5) is 0 Å². The molecule has 5 heterocycles. The Morgan fingerprint density at radius 1 is 0.422 bits per heavy atom. The largest absolute Gasteiger partial charge is 0.143 e. The van der Waals surface area contributed by atoms with Crippen molar-refractivity contribution in [2.75, 3.05) is 0 Å². The maximum Gasteiger partial charge on any atom is 0.125 e. The van der Waals surface area contributed by atoms with Crippen LogP contribution < -0.4 is 10.4 Å². The first kappa shape index (κ1) is 35.8. The number of unbranched alkanes of at least 4 members (excludes halogenated alkanes) is 16. The molecule has 0 nitrogen and oxygen atoms in total. The highest BCUT2D eigenvalue weighted by molar-refractivity contribution is 7.41. The first-order chi connectivity index (χ1) is 22.2. The Hall–Kier alpha value is -0.463. The van der Waals surface area contributed by atoms with Gasteiger partial charge in [0.05, 0.1) is 0 Å². The molecule has 4 aromatic rings. The van der Waals surface area contributed by atoms with E-state index in [0.29, 0.717) is 0 Å². The third kappa shape index (κ3) is 8.23. The Bertz CT molecular complexity index is 1320. The maximum absolute atomic E-state index is 2.59. The molecular formula is C40H62S4Si. The van der Waals surface area contributed by atoms with Gasteiger partial charge in [0.2, 0.25) is 0 Å². The quantitative estimate of drug-likeness (QED) is 0.0505. The van der Waals surface area contributed by atoms with Crippen LogP contribution in [0.25, 0.3) is 28.6 Å². The Kier molecular flexibility index (Phi) is 14.6. The molecule has 0 amide bonds. The van der Waals surface area contributed by atoms with Crippen LogP contribution in [-0.2, 0) is 12.8 Å². The average molecular weight is 699 g/mol. The molecule has 0 fully saturated rings. The smallest absolute Gasteiger partial charge is 0.125 e. The normalized spacial score (nSPS) is 13.9. The number of hydrogen-bond donors (Lipinski definition) is 0. The van der Waals surface area contributed by atoms with E-state index in [1.165, 1.54) is 153 Å². The summed E-state index contributed by atoms with van der Waals surface area (Å²) in [6.45, 7) is 9.38. The number of fused-ring (bicyclic) bond motifs is 7. The van der Waals surface area contributed by atoms with Crippen LogP contribution in [-0.4, -0.2) is 8.07 Å². The molecule has 0 saturated carbocycles. The van der Waals surface area contributed by atoms with Crippen molar-refractivity contribution in [1.29, 1.82) is 0 Å². The Balaban J connectivity index is 1.53. The zero-order valence-corrected chi connectivity index (χ0v) is 33.5. The van der Waals surface area contributed by atoms with Crippen molar-refractivity contribution in [1.82, 2.24) is 0 Å². The number of aryl methyl sites for hydroxylation is 2. The topological polar surface area (TPSA) is 0 Å². The Morgan fingerprint density at radius 3 is 1.18 bits per heavy atom. The summed E-state index contributed by atoms with van der Waals surface area (Å²) in [7, 11) is -1.85. The number of hydrogen-bond acceptors (Lipinski definition) is 4. The van der Waals surface area contributed by atoms with Gasteiger partial charge in [-0.25, -0.2) is 0 Å². The summed E-state index contributed by atoms with van der Waals surface area (Å²) in [6, 6.07) is 3.00. The van der Waals surface area contributed by atoms with Gasteiger partial charge in [0.1, 0.15) is 8.07 Å². The van der Waals surface area contributed by atoms with Crippen LogP contribution >= 0.6 is 45.3 Å². The predicted octanol–water partition coefficient (Wildman–Crippen LogP) is 14.7. The van der Waals surface area contributed by atoms with Crippen molar-refractivity contribution in [2.45, 2.75) is 181 Å². The van der Waals surface area contributed by atoms with Crippen LogP contribution in [0.1, 0.15) is 167 Å².